The van der Waals surface area contributed by atoms with Crippen LogP contribution in [-0.2, 0) is 33.6 Å². The molecule has 4 atom stereocenters. The lowest BCUT2D eigenvalue weighted by atomic mass is 9.52. The van der Waals surface area contributed by atoms with Crippen LogP contribution < -0.4 is 0 Å². The molecule has 33 heavy (non-hydrogen) atoms. The van der Waals surface area contributed by atoms with Gasteiger partial charge >= 0.3 is 0 Å². The van der Waals surface area contributed by atoms with Gasteiger partial charge in [0, 0.05) is 0 Å². The summed E-state index contributed by atoms with van der Waals surface area (Å²) in [6.45, 7) is 3.22. The van der Waals surface area contributed by atoms with E-state index in [1.807, 2.05) is 0 Å². The number of Topliss-reactive ketones (excluding diaryl/α,β-unsaturated/α-hetero) is 7. The van der Waals surface area contributed by atoms with Gasteiger partial charge in [0.25, 0.3) is 0 Å². The monoisotopic (exact) mass is 490 g/mol. The Bertz CT molecular complexity index is 970. The van der Waals surface area contributed by atoms with Crippen LogP contribution in [0.25, 0.3) is 0 Å². The predicted molar refractivity (Wildman–Crippen MR) is 112 cm³/mol. The number of ketones is 7. The van der Waals surface area contributed by atoms with Gasteiger partial charge < -0.3 is 25.5 Å². The van der Waals surface area contributed by atoms with Crippen LogP contribution in [0, 0.1) is 0 Å². The van der Waals surface area contributed by atoms with Crippen molar-refractivity contribution in [2.24, 2.45) is 0 Å². The lowest BCUT2D eigenvalue weighted by Gasteiger charge is -2.56. The van der Waals surface area contributed by atoms with Gasteiger partial charge in [0.05, 0.1) is 0 Å². The first-order valence-corrected chi connectivity index (χ1v) is 9.66. The third-order valence-corrected chi connectivity index (χ3v) is 6.38. The van der Waals surface area contributed by atoms with E-state index in [9.17, 15) is 59.1 Å². The molecule has 0 fully saturated rings. The molecular formula is C20H26O12S. The minimum Gasteiger partial charge on any atom is -0.376 e. The van der Waals surface area contributed by atoms with Crippen LogP contribution in [0.4, 0.5) is 0 Å². The summed E-state index contributed by atoms with van der Waals surface area (Å²) in [7, 11) is 0. The minimum atomic E-state index is -4.50. The summed E-state index contributed by atoms with van der Waals surface area (Å²) < 4.78 is 0. The third-order valence-electron chi connectivity index (χ3n) is 5.80. The summed E-state index contributed by atoms with van der Waals surface area (Å²) in [6.07, 6.45) is 0. The van der Waals surface area contributed by atoms with Gasteiger partial charge in [-0.2, -0.15) is 0 Å². The quantitative estimate of drug-likeness (QED) is 0.137. The molecule has 0 aliphatic carbocycles. The van der Waals surface area contributed by atoms with Gasteiger partial charge in [-0.3, -0.25) is 33.6 Å². The highest BCUT2D eigenvalue weighted by atomic mass is 32.1. The first-order chi connectivity index (χ1) is 14.5. The molecule has 0 aliphatic rings. The number of hydrogen-bond donors (Lipinski definition) is 5. The first kappa shape index (κ1) is 30.6. The summed E-state index contributed by atoms with van der Waals surface area (Å²) in [5, 5.41) is 56.2. The van der Waals surface area contributed by atoms with Crippen LogP contribution in [-0.4, -0.2) is 98.9 Å². The molecule has 0 aromatic carbocycles. The van der Waals surface area contributed by atoms with Crippen molar-refractivity contribution in [2.75, 3.05) is 0 Å². The fourth-order valence-electron chi connectivity index (χ4n) is 3.91. The smallest absolute Gasteiger partial charge is 0.220 e. The minimum absolute atomic E-state index is 0.347. The Kier molecular flexibility index (Phi) is 8.42. The van der Waals surface area contributed by atoms with E-state index in [0.717, 1.165) is 0 Å². The van der Waals surface area contributed by atoms with E-state index >= 15 is 0 Å². The van der Waals surface area contributed by atoms with Crippen LogP contribution in [0.3, 0.4) is 0 Å². The zero-order chi connectivity index (χ0) is 27.1. The average molecular weight is 490 g/mol. The molecule has 0 amide bonds. The largest absolute Gasteiger partial charge is 0.376 e. The van der Waals surface area contributed by atoms with Gasteiger partial charge in [0.1, 0.15) is 4.86 Å². The maximum absolute atomic E-state index is 12.8. The van der Waals surface area contributed by atoms with Crippen molar-refractivity contribution in [1.82, 2.24) is 0 Å². The SMILES string of the molecule is CC(=O)C(=S)[C@@](O)(C(C)=O)[C@](O)(C(C)=O)[C@@](O)(C(C)=O)[C@@](O)(C(C)=O)C(O)(C(C)=O)C(C)=O. The van der Waals surface area contributed by atoms with E-state index in [1.165, 1.54) is 0 Å². The van der Waals surface area contributed by atoms with Crippen molar-refractivity contribution in [1.29, 1.82) is 0 Å². The highest BCUT2D eigenvalue weighted by Gasteiger charge is 2.83. The Labute approximate surface area is 193 Å². The van der Waals surface area contributed by atoms with Crippen molar-refractivity contribution in [3.8, 4) is 0 Å². The van der Waals surface area contributed by atoms with E-state index < -0.39 is 73.4 Å². The third kappa shape index (κ3) is 3.55. The van der Waals surface area contributed by atoms with Gasteiger partial charge in [0.2, 0.25) is 28.0 Å². The van der Waals surface area contributed by atoms with E-state index in [4.69, 9.17) is 0 Å². The Hall–Kier alpha value is -2.42. The average Bonchev–Trinajstić information content (AvgIpc) is 2.68. The number of carbonyl (C=O) groups is 7. The Morgan fingerprint density at radius 2 is 0.697 bits per heavy atom. The molecule has 0 bridgehead atoms. The summed E-state index contributed by atoms with van der Waals surface area (Å²) in [5.74, 6) is -12.3. The normalized spacial score (nSPS) is 19.0. The van der Waals surface area contributed by atoms with E-state index in [2.05, 4.69) is 12.2 Å². The zero-order valence-electron chi connectivity index (χ0n) is 19.0. The fraction of sp³-hybridized carbons (Fsp3) is 0.600. The van der Waals surface area contributed by atoms with Crippen LogP contribution >= 0.6 is 12.2 Å². The van der Waals surface area contributed by atoms with E-state index in [-0.39, 0.29) is 0 Å². The molecule has 0 spiro atoms. The highest BCUT2D eigenvalue weighted by Crippen LogP contribution is 2.48. The lowest BCUT2D eigenvalue weighted by molar-refractivity contribution is -0.277. The Morgan fingerprint density at radius 1 is 0.455 bits per heavy atom. The number of rotatable bonds is 12. The summed E-state index contributed by atoms with van der Waals surface area (Å²) in [4.78, 5) is 85.6. The van der Waals surface area contributed by atoms with Gasteiger partial charge in [-0.15, -0.1) is 0 Å². The predicted octanol–water partition coefficient (Wildman–Crippen LogP) is -2.87. The standard InChI is InChI=1S/C20H26O12S/c1-8(21)15(33)17(29,11(4)24)19(31,13(6)26)20(32,14(7)27)18(30,12(5)25)16(28,9(2)22)10(3)23/h28-32H,1-7H3/t17-,18+,19+,20+/m0/s1. The second kappa shape index (κ2) is 9.08. The Balaban J connectivity index is 8.41. The molecule has 0 saturated carbocycles. The number of hydrogen-bond acceptors (Lipinski definition) is 13. The van der Waals surface area contributed by atoms with Crippen LogP contribution in [0.15, 0.2) is 0 Å². The van der Waals surface area contributed by atoms with Crippen molar-refractivity contribution in [3.63, 3.8) is 0 Å². The molecule has 0 rings (SSSR count). The number of aliphatic hydroxyl groups is 5. The second-order valence-electron chi connectivity index (χ2n) is 7.77. The van der Waals surface area contributed by atoms with Crippen molar-refractivity contribution in [2.45, 2.75) is 76.5 Å². The fourth-order valence-corrected chi connectivity index (χ4v) is 4.20. The Morgan fingerprint density at radius 3 is 0.879 bits per heavy atom. The topological polar surface area (TPSA) is 221 Å². The van der Waals surface area contributed by atoms with E-state index in [1.54, 1.807) is 0 Å². The second-order valence-corrected chi connectivity index (χ2v) is 8.18. The molecule has 0 aromatic rings. The van der Waals surface area contributed by atoms with Crippen LogP contribution in [0.2, 0.25) is 0 Å². The van der Waals surface area contributed by atoms with Crippen LogP contribution in [0.5, 0.6) is 0 Å². The molecule has 0 saturated heterocycles. The maximum Gasteiger partial charge on any atom is 0.220 e. The number of carbonyl (C=O) groups excluding carboxylic acids is 7. The molecule has 13 heteroatoms. The molecule has 184 valence electrons. The molecule has 0 aliphatic heterocycles. The zero-order valence-corrected chi connectivity index (χ0v) is 19.8. The maximum atomic E-state index is 12.8. The molecule has 0 heterocycles. The first-order valence-electron chi connectivity index (χ1n) is 9.25. The molecule has 5 N–H and O–H groups in total. The number of thiocarbonyl (C=S) groups is 1. The van der Waals surface area contributed by atoms with Gasteiger partial charge in [-0.1, -0.05) is 12.2 Å². The molecular weight excluding hydrogens is 464 g/mol. The van der Waals surface area contributed by atoms with E-state index in [0.29, 0.717) is 48.5 Å². The molecule has 12 nitrogen and oxygen atoms in total. The molecule has 0 radical (unpaired) electrons. The summed E-state index contributed by atoms with van der Waals surface area (Å²) >= 11 is 4.68. The van der Waals surface area contributed by atoms with Crippen molar-refractivity contribution >= 4 is 57.6 Å². The molecule has 0 unspecified atom stereocenters. The summed E-state index contributed by atoms with van der Waals surface area (Å²) in [5.41, 5.74) is -21.2. The van der Waals surface area contributed by atoms with Crippen molar-refractivity contribution in [3.05, 3.63) is 0 Å². The molecule has 0 aromatic heterocycles. The lowest BCUT2D eigenvalue weighted by Crippen LogP contribution is -2.89. The van der Waals surface area contributed by atoms with Crippen LogP contribution in [0.1, 0.15) is 48.5 Å². The van der Waals surface area contributed by atoms with Gasteiger partial charge in [-0.25, -0.2) is 0 Å². The van der Waals surface area contributed by atoms with Gasteiger partial charge in [-0.05, 0) is 48.5 Å². The summed E-state index contributed by atoms with van der Waals surface area (Å²) in [6, 6.07) is 0. The highest BCUT2D eigenvalue weighted by molar-refractivity contribution is 7.82. The van der Waals surface area contributed by atoms with Gasteiger partial charge in [0.15, 0.2) is 40.5 Å². The van der Waals surface area contributed by atoms with Crippen molar-refractivity contribution < 1.29 is 59.1 Å².